The molecule has 41 heavy (non-hydrogen) atoms. The molecule has 1 atom stereocenters. The monoisotopic (exact) mass is 553 g/mol. The van der Waals surface area contributed by atoms with Gasteiger partial charge in [-0.2, -0.15) is 4.98 Å². The third-order valence-corrected chi connectivity index (χ3v) is 7.46. The fourth-order valence-corrected chi connectivity index (χ4v) is 5.28. The van der Waals surface area contributed by atoms with Gasteiger partial charge in [0.15, 0.2) is 5.65 Å². The van der Waals surface area contributed by atoms with Gasteiger partial charge < -0.3 is 14.8 Å². The fourth-order valence-electron chi connectivity index (χ4n) is 5.28. The van der Waals surface area contributed by atoms with Crippen LogP contribution in [-0.4, -0.2) is 56.5 Å². The Morgan fingerprint density at radius 3 is 2.54 bits per heavy atom. The van der Waals surface area contributed by atoms with Crippen molar-refractivity contribution in [3.05, 3.63) is 83.9 Å². The van der Waals surface area contributed by atoms with Gasteiger partial charge in [-0.25, -0.2) is 8.91 Å². The minimum absolute atomic E-state index is 0.147. The lowest BCUT2D eigenvalue weighted by Crippen LogP contribution is -2.29. The van der Waals surface area contributed by atoms with E-state index >= 15 is 0 Å². The van der Waals surface area contributed by atoms with Crippen molar-refractivity contribution in [2.24, 2.45) is 5.92 Å². The molecule has 2 N–H and O–H groups in total. The van der Waals surface area contributed by atoms with E-state index < -0.39 is 0 Å². The standard InChI is InChI=1S/C31H32FN7O2/c1-4-38-17-25(30(41)35-29(19-5-6-19)20-7-10-23(32)11-8-20)24-15-21(9-12-26(24)38)22-13-14-39-27(16-22)33-31(36-39)34-28(40)18-37(2)3/h7-17,19,29H,4-6,18H2,1-3H3,(H,35,41)(H,34,36,40)/t29-/m0/s1. The summed E-state index contributed by atoms with van der Waals surface area (Å²) in [6.45, 7) is 3.01. The zero-order valence-electron chi connectivity index (χ0n) is 23.3. The number of aryl methyl sites for hydroxylation is 1. The molecule has 3 aromatic heterocycles. The Balaban J connectivity index is 1.31. The van der Waals surface area contributed by atoms with E-state index in [4.69, 9.17) is 0 Å². The van der Waals surface area contributed by atoms with E-state index in [-0.39, 0.29) is 36.2 Å². The lowest BCUT2D eigenvalue weighted by atomic mass is 10.0. The van der Waals surface area contributed by atoms with Gasteiger partial charge in [-0.3, -0.25) is 14.9 Å². The maximum absolute atomic E-state index is 13.7. The predicted octanol–water partition coefficient (Wildman–Crippen LogP) is 4.89. The van der Waals surface area contributed by atoms with Crippen molar-refractivity contribution in [1.82, 2.24) is 29.4 Å². The number of pyridine rings is 1. The van der Waals surface area contributed by atoms with E-state index in [0.717, 1.165) is 47.0 Å². The number of hydrogen-bond acceptors (Lipinski definition) is 5. The number of carbonyl (C=O) groups is 2. The van der Waals surface area contributed by atoms with Crippen molar-refractivity contribution < 1.29 is 14.0 Å². The number of carbonyl (C=O) groups excluding carboxylic acids is 2. The highest BCUT2D eigenvalue weighted by Gasteiger charge is 2.34. The second-order valence-electron chi connectivity index (χ2n) is 10.8. The third-order valence-electron chi connectivity index (χ3n) is 7.46. The molecule has 0 spiro atoms. The SMILES string of the molecule is CCn1cc(C(=O)N[C@H](c2ccc(F)cc2)C2CC2)c2cc(-c3ccn4nc(NC(=O)CN(C)C)nc4c3)ccc21. The highest BCUT2D eigenvalue weighted by atomic mass is 19.1. The predicted molar refractivity (Wildman–Crippen MR) is 156 cm³/mol. The van der Waals surface area contributed by atoms with E-state index in [1.165, 1.54) is 12.1 Å². The molecular weight excluding hydrogens is 521 g/mol. The molecule has 0 unspecified atom stereocenters. The van der Waals surface area contributed by atoms with Crippen LogP contribution in [-0.2, 0) is 11.3 Å². The average molecular weight is 554 g/mol. The Morgan fingerprint density at radius 1 is 1.07 bits per heavy atom. The number of aromatic nitrogens is 4. The van der Waals surface area contributed by atoms with Crippen molar-refractivity contribution in [3.63, 3.8) is 0 Å². The van der Waals surface area contributed by atoms with Gasteiger partial charge in [0.2, 0.25) is 11.9 Å². The fraction of sp³-hybridized carbons (Fsp3) is 0.290. The molecule has 1 aliphatic rings. The number of nitrogens with zero attached hydrogens (tertiary/aromatic N) is 5. The first kappa shape index (κ1) is 26.6. The Labute approximate surface area is 237 Å². The molecule has 0 aliphatic heterocycles. The Kier molecular flexibility index (Phi) is 7.00. The summed E-state index contributed by atoms with van der Waals surface area (Å²) in [6, 6.07) is 16.2. The highest BCUT2D eigenvalue weighted by molar-refractivity contribution is 6.08. The number of benzene rings is 2. The van der Waals surface area contributed by atoms with Crippen molar-refractivity contribution in [3.8, 4) is 11.1 Å². The van der Waals surface area contributed by atoms with Crippen LogP contribution in [0.2, 0.25) is 0 Å². The van der Waals surface area contributed by atoms with Gasteiger partial charge in [0, 0.05) is 29.8 Å². The molecule has 1 fully saturated rings. The van der Waals surface area contributed by atoms with Crippen LogP contribution in [0.5, 0.6) is 0 Å². The maximum atomic E-state index is 13.7. The number of halogens is 1. The van der Waals surface area contributed by atoms with Gasteiger partial charge in [0.1, 0.15) is 5.82 Å². The smallest absolute Gasteiger partial charge is 0.253 e. The normalized spacial score (nSPS) is 14.1. The quantitative estimate of drug-likeness (QED) is 0.271. The van der Waals surface area contributed by atoms with Crippen molar-refractivity contribution >= 4 is 34.3 Å². The number of anilines is 1. The lowest BCUT2D eigenvalue weighted by Gasteiger charge is -2.19. The molecule has 2 aromatic carbocycles. The van der Waals surface area contributed by atoms with Gasteiger partial charge in [0.25, 0.3) is 5.91 Å². The number of rotatable bonds is 9. The van der Waals surface area contributed by atoms with Crippen LogP contribution in [0.15, 0.2) is 67.0 Å². The molecule has 9 nitrogen and oxygen atoms in total. The van der Waals surface area contributed by atoms with E-state index in [9.17, 15) is 14.0 Å². The minimum Gasteiger partial charge on any atom is -0.347 e. The number of likely N-dealkylation sites (N-methyl/N-ethyl adjacent to an activating group) is 1. The van der Waals surface area contributed by atoms with Gasteiger partial charge >= 0.3 is 0 Å². The van der Waals surface area contributed by atoms with E-state index in [1.807, 2.05) is 50.6 Å². The summed E-state index contributed by atoms with van der Waals surface area (Å²) in [4.78, 5) is 32.1. The summed E-state index contributed by atoms with van der Waals surface area (Å²) in [5, 5.41) is 11.2. The molecule has 6 rings (SSSR count). The minimum atomic E-state index is -0.289. The summed E-state index contributed by atoms with van der Waals surface area (Å²) in [6.07, 6.45) is 5.78. The Hall–Kier alpha value is -4.57. The molecule has 10 heteroatoms. The molecule has 3 heterocycles. The summed E-state index contributed by atoms with van der Waals surface area (Å²) in [7, 11) is 3.64. The highest BCUT2D eigenvalue weighted by Crippen LogP contribution is 2.41. The lowest BCUT2D eigenvalue weighted by molar-refractivity contribution is -0.116. The third kappa shape index (κ3) is 5.55. The van der Waals surface area contributed by atoms with Crippen LogP contribution in [0.25, 0.3) is 27.7 Å². The first-order valence-electron chi connectivity index (χ1n) is 13.8. The van der Waals surface area contributed by atoms with Crippen LogP contribution in [0.3, 0.4) is 0 Å². The average Bonchev–Trinajstić information content (AvgIpc) is 3.60. The molecule has 0 bridgehead atoms. The molecule has 1 aliphatic carbocycles. The van der Waals surface area contributed by atoms with Gasteiger partial charge in [0.05, 0.1) is 18.2 Å². The first-order valence-corrected chi connectivity index (χ1v) is 13.8. The summed E-state index contributed by atoms with van der Waals surface area (Å²) >= 11 is 0. The van der Waals surface area contributed by atoms with E-state index in [2.05, 4.69) is 32.2 Å². The summed E-state index contributed by atoms with van der Waals surface area (Å²) < 4.78 is 17.2. The molecule has 0 saturated heterocycles. The number of amides is 2. The van der Waals surface area contributed by atoms with E-state index in [1.54, 1.807) is 27.7 Å². The van der Waals surface area contributed by atoms with E-state index in [0.29, 0.717) is 17.1 Å². The molecule has 210 valence electrons. The number of hydrogen-bond donors (Lipinski definition) is 2. The molecule has 5 aromatic rings. The second-order valence-corrected chi connectivity index (χ2v) is 10.8. The van der Waals surface area contributed by atoms with Crippen molar-refractivity contribution in [1.29, 1.82) is 0 Å². The number of fused-ring (bicyclic) bond motifs is 2. The van der Waals surface area contributed by atoms with Gasteiger partial charge in [-0.1, -0.05) is 18.2 Å². The van der Waals surface area contributed by atoms with Gasteiger partial charge in [-0.05, 0) is 92.9 Å². The van der Waals surface area contributed by atoms with Crippen LogP contribution in [0.1, 0.15) is 41.7 Å². The Bertz CT molecular complexity index is 1750. The second kappa shape index (κ2) is 10.8. The molecule has 0 radical (unpaired) electrons. The number of nitrogens with one attached hydrogen (secondary N) is 2. The van der Waals surface area contributed by atoms with Gasteiger partial charge in [-0.15, -0.1) is 5.10 Å². The summed E-state index contributed by atoms with van der Waals surface area (Å²) in [5.41, 5.74) is 4.93. The Morgan fingerprint density at radius 2 is 1.83 bits per heavy atom. The van der Waals surface area contributed by atoms with Crippen molar-refractivity contribution in [2.75, 3.05) is 26.0 Å². The summed E-state index contributed by atoms with van der Waals surface area (Å²) in [5.74, 6) is -0.0257. The zero-order chi connectivity index (χ0) is 28.7. The topological polar surface area (TPSA) is 96.6 Å². The van der Waals surface area contributed by atoms with Crippen LogP contribution < -0.4 is 10.6 Å². The largest absolute Gasteiger partial charge is 0.347 e. The molecule has 1 saturated carbocycles. The van der Waals surface area contributed by atoms with Crippen molar-refractivity contribution in [2.45, 2.75) is 32.4 Å². The molecular formula is C31H32FN7O2. The van der Waals surface area contributed by atoms with Crippen LogP contribution in [0, 0.1) is 11.7 Å². The van der Waals surface area contributed by atoms with Crippen LogP contribution >= 0.6 is 0 Å². The van der Waals surface area contributed by atoms with Crippen LogP contribution in [0.4, 0.5) is 10.3 Å². The maximum Gasteiger partial charge on any atom is 0.253 e. The first-order chi connectivity index (χ1) is 19.8. The zero-order valence-corrected chi connectivity index (χ0v) is 23.3. The molecule has 2 amide bonds.